The third-order valence-electron chi connectivity index (χ3n) is 3.96. The fraction of sp³-hybridized carbons (Fsp3) is 0.375. The topological polar surface area (TPSA) is 61.3 Å². The van der Waals surface area contributed by atoms with Gasteiger partial charge in [0.15, 0.2) is 0 Å². The molecule has 2 aromatic rings. The summed E-state index contributed by atoms with van der Waals surface area (Å²) in [6, 6.07) is 8.21. The number of aliphatic hydroxyl groups is 1. The van der Waals surface area contributed by atoms with Gasteiger partial charge < -0.3 is 15.3 Å². The Bertz CT molecular complexity index is 642. The average molecular weight is 284 g/mol. The zero-order chi connectivity index (χ0) is 14.8. The van der Waals surface area contributed by atoms with Gasteiger partial charge >= 0.3 is 0 Å². The molecule has 1 aromatic carbocycles. The van der Waals surface area contributed by atoms with E-state index in [0.717, 1.165) is 36.7 Å². The summed E-state index contributed by atoms with van der Waals surface area (Å²) in [5.74, 6) is 1.77. The highest BCUT2D eigenvalue weighted by molar-refractivity contribution is 5.50. The summed E-state index contributed by atoms with van der Waals surface area (Å²) in [4.78, 5) is 10.8. The highest BCUT2D eigenvalue weighted by Crippen LogP contribution is 2.26. The summed E-state index contributed by atoms with van der Waals surface area (Å²) in [6.45, 7) is 3.57. The summed E-state index contributed by atoms with van der Waals surface area (Å²) in [6.07, 6.45) is 2.15. The number of hydrogen-bond acceptors (Lipinski definition) is 5. The molecular formula is C16H20N4O. The zero-order valence-electron chi connectivity index (χ0n) is 12.4. The third-order valence-corrected chi connectivity index (χ3v) is 3.96. The lowest BCUT2D eigenvalue weighted by Gasteiger charge is -2.30. The van der Waals surface area contributed by atoms with Gasteiger partial charge in [-0.2, -0.15) is 0 Å². The molecule has 0 spiro atoms. The van der Waals surface area contributed by atoms with Crippen molar-refractivity contribution in [2.75, 3.05) is 23.8 Å². The van der Waals surface area contributed by atoms with E-state index in [1.807, 2.05) is 19.2 Å². The van der Waals surface area contributed by atoms with Crippen LogP contribution in [0.25, 0.3) is 0 Å². The average Bonchev–Trinajstić information content (AvgIpc) is 2.53. The molecule has 1 aliphatic rings. The first-order chi connectivity index (χ1) is 10.2. The van der Waals surface area contributed by atoms with Crippen molar-refractivity contribution in [3.63, 3.8) is 0 Å². The highest BCUT2D eigenvalue weighted by Gasteiger charge is 2.18. The molecule has 0 aliphatic carbocycles. The van der Waals surface area contributed by atoms with Crippen molar-refractivity contribution in [3.05, 3.63) is 47.3 Å². The molecule has 5 nitrogen and oxygen atoms in total. The van der Waals surface area contributed by atoms with Gasteiger partial charge in [0.1, 0.15) is 18.0 Å². The van der Waals surface area contributed by atoms with Crippen LogP contribution in [0.2, 0.25) is 0 Å². The van der Waals surface area contributed by atoms with E-state index in [1.54, 1.807) is 13.3 Å². The largest absolute Gasteiger partial charge is 0.389 e. The van der Waals surface area contributed by atoms with Crippen LogP contribution in [0.5, 0.6) is 0 Å². The molecule has 0 amide bonds. The van der Waals surface area contributed by atoms with Crippen LogP contribution in [0.1, 0.15) is 29.7 Å². The molecule has 0 unspecified atom stereocenters. The Morgan fingerprint density at radius 2 is 2.10 bits per heavy atom. The Morgan fingerprint density at radius 1 is 1.24 bits per heavy atom. The first-order valence-corrected chi connectivity index (χ1v) is 7.22. The van der Waals surface area contributed by atoms with Gasteiger partial charge in [0, 0.05) is 26.2 Å². The van der Waals surface area contributed by atoms with Gasteiger partial charge in [0.05, 0.1) is 6.10 Å². The van der Waals surface area contributed by atoms with E-state index in [1.165, 1.54) is 11.1 Å². The first kappa shape index (κ1) is 13.8. The number of aromatic nitrogens is 2. The lowest BCUT2D eigenvalue weighted by Crippen LogP contribution is -2.31. The van der Waals surface area contributed by atoms with Gasteiger partial charge in [0.25, 0.3) is 0 Å². The SMILES string of the molecule is CNc1cc(N2CCc3cc([C@@H](C)O)ccc3C2)ncn1. The van der Waals surface area contributed by atoms with Crippen molar-refractivity contribution in [3.8, 4) is 0 Å². The molecule has 0 fully saturated rings. The van der Waals surface area contributed by atoms with E-state index >= 15 is 0 Å². The second-order valence-corrected chi connectivity index (χ2v) is 5.39. The minimum atomic E-state index is -0.409. The van der Waals surface area contributed by atoms with Crippen molar-refractivity contribution < 1.29 is 5.11 Å². The predicted octanol–water partition coefficient (Wildman–Crippen LogP) is 2.13. The Kier molecular flexibility index (Phi) is 3.75. The molecule has 2 N–H and O–H groups in total. The maximum atomic E-state index is 9.68. The number of nitrogens with one attached hydrogen (secondary N) is 1. The second-order valence-electron chi connectivity index (χ2n) is 5.39. The number of benzene rings is 1. The van der Waals surface area contributed by atoms with Gasteiger partial charge in [-0.1, -0.05) is 18.2 Å². The van der Waals surface area contributed by atoms with E-state index in [9.17, 15) is 5.11 Å². The molecule has 3 rings (SSSR count). The lowest BCUT2D eigenvalue weighted by molar-refractivity contribution is 0.199. The summed E-state index contributed by atoms with van der Waals surface area (Å²) in [5, 5.41) is 12.7. The van der Waals surface area contributed by atoms with E-state index < -0.39 is 6.10 Å². The minimum Gasteiger partial charge on any atom is -0.389 e. The third kappa shape index (κ3) is 2.83. The zero-order valence-corrected chi connectivity index (χ0v) is 12.4. The normalized spacial score (nSPS) is 15.5. The Morgan fingerprint density at radius 3 is 2.86 bits per heavy atom. The molecule has 1 aromatic heterocycles. The van der Waals surface area contributed by atoms with Crippen molar-refractivity contribution in [2.24, 2.45) is 0 Å². The van der Waals surface area contributed by atoms with Gasteiger partial charge in [-0.05, 0) is 30.0 Å². The quantitative estimate of drug-likeness (QED) is 0.904. The smallest absolute Gasteiger partial charge is 0.134 e. The summed E-state index contributed by atoms with van der Waals surface area (Å²) >= 11 is 0. The second kappa shape index (κ2) is 5.69. The van der Waals surface area contributed by atoms with E-state index in [4.69, 9.17) is 0 Å². The maximum Gasteiger partial charge on any atom is 0.134 e. The van der Waals surface area contributed by atoms with Crippen LogP contribution in [-0.4, -0.2) is 28.7 Å². The minimum absolute atomic E-state index is 0.409. The molecular weight excluding hydrogens is 264 g/mol. The van der Waals surface area contributed by atoms with Crippen LogP contribution < -0.4 is 10.2 Å². The molecule has 1 atom stereocenters. The Balaban J connectivity index is 1.84. The fourth-order valence-corrected chi connectivity index (χ4v) is 2.69. The molecule has 0 bridgehead atoms. The summed E-state index contributed by atoms with van der Waals surface area (Å²) in [7, 11) is 1.86. The number of nitrogens with zero attached hydrogens (tertiary/aromatic N) is 3. The van der Waals surface area contributed by atoms with E-state index in [-0.39, 0.29) is 0 Å². The first-order valence-electron chi connectivity index (χ1n) is 7.22. The number of fused-ring (bicyclic) bond motifs is 1. The van der Waals surface area contributed by atoms with Gasteiger partial charge in [0.2, 0.25) is 0 Å². The maximum absolute atomic E-state index is 9.68. The van der Waals surface area contributed by atoms with Crippen LogP contribution in [0, 0.1) is 0 Å². The summed E-state index contributed by atoms with van der Waals surface area (Å²) in [5.41, 5.74) is 3.62. The number of aliphatic hydroxyl groups excluding tert-OH is 1. The van der Waals surface area contributed by atoms with Gasteiger partial charge in [-0.25, -0.2) is 9.97 Å². The van der Waals surface area contributed by atoms with E-state index in [2.05, 4.69) is 32.3 Å². The van der Waals surface area contributed by atoms with Crippen LogP contribution in [0.3, 0.4) is 0 Å². The van der Waals surface area contributed by atoms with Crippen LogP contribution in [0.15, 0.2) is 30.6 Å². The van der Waals surface area contributed by atoms with Crippen LogP contribution >= 0.6 is 0 Å². The van der Waals surface area contributed by atoms with Gasteiger partial charge in [-0.3, -0.25) is 0 Å². The molecule has 5 heteroatoms. The number of anilines is 2. The molecule has 21 heavy (non-hydrogen) atoms. The van der Waals surface area contributed by atoms with Crippen LogP contribution in [0.4, 0.5) is 11.6 Å². The molecule has 2 heterocycles. The van der Waals surface area contributed by atoms with E-state index in [0.29, 0.717) is 0 Å². The molecule has 110 valence electrons. The Hall–Kier alpha value is -2.14. The monoisotopic (exact) mass is 284 g/mol. The van der Waals surface area contributed by atoms with Crippen molar-refractivity contribution >= 4 is 11.6 Å². The Labute approximate surface area is 124 Å². The lowest BCUT2D eigenvalue weighted by atomic mass is 9.96. The molecule has 1 aliphatic heterocycles. The van der Waals surface area contributed by atoms with Crippen molar-refractivity contribution in [1.82, 2.24) is 9.97 Å². The summed E-state index contributed by atoms with van der Waals surface area (Å²) < 4.78 is 0. The van der Waals surface area contributed by atoms with Crippen molar-refractivity contribution in [2.45, 2.75) is 26.0 Å². The molecule has 0 radical (unpaired) electrons. The number of rotatable bonds is 3. The molecule has 0 saturated heterocycles. The predicted molar refractivity (Wildman–Crippen MR) is 83.4 cm³/mol. The fourth-order valence-electron chi connectivity index (χ4n) is 2.69. The van der Waals surface area contributed by atoms with Crippen LogP contribution in [-0.2, 0) is 13.0 Å². The highest BCUT2D eigenvalue weighted by atomic mass is 16.3. The van der Waals surface area contributed by atoms with Gasteiger partial charge in [-0.15, -0.1) is 0 Å². The molecule has 0 saturated carbocycles. The standard InChI is InChI=1S/C16H20N4O/c1-11(21)12-3-4-14-9-20(6-5-13(14)7-12)16-8-15(17-2)18-10-19-16/h3-4,7-8,10-11,21H,5-6,9H2,1-2H3,(H,17,18,19)/t11-/m1/s1. The van der Waals surface area contributed by atoms with Crippen molar-refractivity contribution in [1.29, 1.82) is 0 Å². The number of hydrogen-bond donors (Lipinski definition) is 2.